The van der Waals surface area contributed by atoms with Gasteiger partial charge in [-0.05, 0) is 42.4 Å². The summed E-state index contributed by atoms with van der Waals surface area (Å²) in [6.07, 6.45) is 5.71. The first-order valence-electron chi connectivity index (χ1n) is 10.1. The van der Waals surface area contributed by atoms with Crippen molar-refractivity contribution in [3.05, 3.63) is 33.7 Å². The Morgan fingerprint density at radius 3 is 2.45 bits per heavy atom. The third kappa shape index (κ3) is 4.50. The summed E-state index contributed by atoms with van der Waals surface area (Å²) in [5.74, 6) is -0.241. The molecule has 1 unspecified atom stereocenters. The van der Waals surface area contributed by atoms with Crippen LogP contribution in [0.1, 0.15) is 52.9 Å². The highest BCUT2D eigenvalue weighted by Gasteiger charge is 2.32. The molecule has 1 aromatic carbocycles. The van der Waals surface area contributed by atoms with Gasteiger partial charge in [0, 0.05) is 11.6 Å². The Kier molecular flexibility index (Phi) is 6.08. The van der Waals surface area contributed by atoms with Crippen LogP contribution in [-0.2, 0) is 11.3 Å². The van der Waals surface area contributed by atoms with Crippen LogP contribution >= 0.6 is 11.6 Å². The summed E-state index contributed by atoms with van der Waals surface area (Å²) in [5, 5.41) is 3.06. The number of hydrogen-bond acceptors (Lipinski definition) is 3. The minimum absolute atomic E-state index is 0.409. The number of rotatable bonds is 4. The van der Waals surface area contributed by atoms with Crippen LogP contribution in [0.3, 0.4) is 0 Å². The molecule has 1 atom stereocenters. The van der Waals surface area contributed by atoms with Crippen LogP contribution in [0.15, 0.2) is 23.0 Å². The van der Waals surface area contributed by atoms with Gasteiger partial charge in [-0.25, -0.2) is 14.2 Å². The summed E-state index contributed by atoms with van der Waals surface area (Å²) >= 11 is 6.15. The van der Waals surface area contributed by atoms with E-state index < -0.39 is 29.1 Å². The zero-order valence-electron chi connectivity index (χ0n) is 17.2. The van der Waals surface area contributed by atoms with Gasteiger partial charge < -0.3 is 11.1 Å². The Morgan fingerprint density at radius 1 is 1.21 bits per heavy atom. The second-order valence-electron chi connectivity index (χ2n) is 9.02. The molecule has 1 aliphatic carbocycles. The number of primary amides is 1. The summed E-state index contributed by atoms with van der Waals surface area (Å²) in [5.41, 5.74) is 5.55. The number of nitrogens with zero attached hydrogens (tertiary/aromatic N) is 2. The quantitative estimate of drug-likeness (QED) is 0.791. The molecule has 2 aromatic rings. The first-order chi connectivity index (χ1) is 13.6. The van der Waals surface area contributed by atoms with Gasteiger partial charge in [0.15, 0.2) is 0 Å². The third-order valence-corrected chi connectivity index (χ3v) is 5.91. The SMILES string of the molecule is CC(C)(C)C(NC(=O)n1c(=O)n(CC2CCCCC2)c2ccc(Cl)cc21)C(N)=O. The molecule has 29 heavy (non-hydrogen) atoms. The molecule has 1 fully saturated rings. The number of hydrogen-bond donors (Lipinski definition) is 2. The number of benzene rings is 1. The van der Waals surface area contributed by atoms with E-state index in [2.05, 4.69) is 5.32 Å². The molecule has 8 heteroatoms. The molecule has 3 N–H and O–H groups in total. The van der Waals surface area contributed by atoms with Gasteiger partial charge >= 0.3 is 11.7 Å². The maximum atomic E-state index is 13.2. The number of aromatic nitrogens is 2. The van der Waals surface area contributed by atoms with Crippen molar-refractivity contribution in [3.63, 3.8) is 0 Å². The van der Waals surface area contributed by atoms with Gasteiger partial charge in [0.05, 0.1) is 11.0 Å². The topological polar surface area (TPSA) is 99.1 Å². The van der Waals surface area contributed by atoms with E-state index in [0.29, 0.717) is 28.5 Å². The minimum Gasteiger partial charge on any atom is -0.368 e. The molecule has 1 aromatic heterocycles. The van der Waals surface area contributed by atoms with Crippen molar-refractivity contribution in [2.45, 2.75) is 65.5 Å². The first kappa shape index (κ1) is 21.4. The Bertz CT molecular complexity index is 980. The highest BCUT2D eigenvalue weighted by atomic mass is 35.5. The highest BCUT2D eigenvalue weighted by molar-refractivity contribution is 6.31. The first-order valence-corrected chi connectivity index (χ1v) is 10.5. The number of nitrogens with two attached hydrogens (primary N) is 1. The fraction of sp³-hybridized carbons (Fsp3) is 0.571. The van der Waals surface area contributed by atoms with E-state index in [-0.39, 0.29) is 0 Å². The molecule has 0 spiro atoms. The molecular formula is C21H29ClN4O3. The van der Waals surface area contributed by atoms with Crippen molar-refractivity contribution in [1.29, 1.82) is 0 Å². The summed E-state index contributed by atoms with van der Waals surface area (Å²) in [4.78, 5) is 38.1. The summed E-state index contributed by atoms with van der Waals surface area (Å²) in [6, 6.07) is 3.48. The summed E-state index contributed by atoms with van der Waals surface area (Å²) in [7, 11) is 0. The summed E-state index contributed by atoms with van der Waals surface area (Å²) in [6.45, 7) is 5.97. The second kappa shape index (κ2) is 8.22. The van der Waals surface area contributed by atoms with Crippen molar-refractivity contribution in [2.75, 3.05) is 0 Å². The van der Waals surface area contributed by atoms with Gasteiger partial charge in [-0.3, -0.25) is 9.36 Å². The van der Waals surface area contributed by atoms with E-state index in [1.807, 2.05) is 0 Å². The van der Waals surface area contributed by atoms with Crippen molar-refractivity contribution < 1.29 is 9.59 Å². The molecule has 1 aliphatic rings. The second-order valence-corrected chi connectivity index (χ2v) is 9.45. The lowest BCUT2D eigenvalue weighted by atomic mass is 9.86. The monoisotopic (exact) mass is 420 g/mol. The predicted molar refractivity (Wildman–Crippen MR) is 114 cm³/mol. The van der Waals surface area contributed by atoms with Crippen molar-refractivity contribution >= 4 is 34.6 Å². The maximum Gasteiger partial charge on any atom is 0.337 e. The van der Waals surface area contributed by atoms with Gasteiger partial charge in [-0.1, -0.05) is 51.6 Å². The molecule has 0 bridgehead atoms. The fourth-order valence-corrected chi connectivity index (χ4v) is 4.30. The Hall–Kier alpha value is -2.28. The predicted octanol–water partition coefficient (Wildman–Crippen LogP) is 3.49. The van der Waals surface area contributed by atoms with E-state index in [1.54, 1.807) is 43.5 Å². The zero-order valence-corrected chi connectivity index (χ0v) is 18.0. The van der Waals surface area contributed by atoms with E-state index in [4.69, 9.17) is 17.3 Å². The van der Waals surface area contributed by atoms with Crippen LogP contribution < -0.4 is 16.7 Å². The number of carbonyl (C=O) groups excluding carboxylic acids is 2. The molecule has 1 saturated carbocycles. The van der Waals surface area contributed by atoms with Crippen molar-refractivity contribution in [2.24, 2.45) is 17.1 Å². The lowest BCUT2D eigenvalue weighted by Gasteiger charge is -2.28. The van der Waals surface area contributed by atoms with E-state index >= 15 is 0 Å². The molecule has 0 saturated heterocycles. The lowest BCUT2D eigenvalue weighted by Crippen LogP contribution is -2.54. The Labute approximate surface area is 175 Å². The van der Waals surface area contributed by atoms with Crippen LogP contribution in [0.2, 0.25) is 5.02 Å². The van der Waals surface area contributed by atoms with Gasteiger partial charge in [0.25, 0.3) is 0 Å². The van der Waals surface area contributed by atoms with E-state index in [9.17, 15) is 14.4 Å². The lowest BCUT2D eigenvalue weighted by molar-refractivity contribution is -0.122. The van der Waals surface area contributed by atoms with Gasteiger partial charge in [0.1, 0.15) is 6.04 Å². The minimum atomic E-state index is -0.919. The van der Waals surface area contributed by atoms with Gasteiger partial charge in [0.2, 0.25) is 5.91 Å². The average Bonchev–Trinajstić information content (AvgIpc) is 2.90. The van der Waals surface area contributed by atoms with E-state index in [0.717, 1.165) is 30.3 Å². The van der Waals surface area contributed by atoms with E-state index in [1.165, 1.54) is 6.42 Å². The largest absolute Gasteiger partial charge is 0.368 e. The number of imidazole rings is 1. The van der Waals surface area contributed by atoms with Crippen molar-refractivity contribution in [3.8, 4) is 0 Å². The number of fused-ring (bicyclic) bond motifs is 1. The fourth-order valence-electron chi connectivity index (χ4n) is 4.13. The smallest absolute Gasteiger partial charge is 0.337 e. The molecule has 3 rings (SSSR count). The summed E-state index contributed by atoms with van der Waals surface area (Å²) < 4.78 is 2.71. The average molecular weight is 421 g/mol. The number of halogens is 1. The Morgan fingerprint density at radius 2 is 1.86 bits per heavy atom. The van der Waals surface area contributed by atoms with Gasteiger partial charge in [-0.15, -0.1) is 0 Å². The molecule has 0 radical (unpaired) electrons. The number of amides is 2. The van der Waals surface area contributed by atoms with Crippen LogP contribution in [0.5, 0.6) is 0 Å². The normalized spacial score (nSPS) is 16.7. The van der Waals surface area contributed by atoms with Crippen LogP contribution in [-0.4, -0.2) is 27.1 Å². The maximum absolute atomic E-state index is 13.2. The number of carbonyl (C=O) groups is 2. The van der Waals surface area contributed by atoms with Crippen LogP contribution in [0, 0.1) is 11.3 Å². The molecule has 0 aliphatic heterocycles. The highest BCUT2D eigenvalue weighted by Crippen LogP contribution is 2.27. The van der Waals surface area contributed by atoms with Crippen LogP contribution in [0.4, 0.5) is 4.79 Å². The molecule has 158 valence electrons. The zero-order chi connectivity index (χ0) is 21.3. The standard InChI is InChI=1S/C21H29ClN4O3/c1-21(2,3)17(18(23)27)24-19(28)26-16-11-14(22)9-10-15(16)25(20(26)29)12-13-7-5-4-6-8-13/h9-11,13,17H,4-8,12H2,1-3H3,(H2,23,27)(H,24,28). The Balaban J connectivity index is 2.03. The third-order valence-electron chi connectivity index (χ3n) is 5.68. The van der Waals surface area contributed by atoms with Gasteiger partial charge in [-0.2, -0.15) is 0 Å². The van der Waals surface area contributed by atoms with Crippen LogP contribution in [0.25, 0.3) is 11.0 Å². The van der Waals surface area contributed by atoms with Crippen molar-refractivity contribution in [1.82, 2.24) is 14.5 Å². The molecule has 7 nitrogen and oxygen atoms in total. The molecule has 2 amide bonds. The molecule has 1 heterocycles. The molecular weight excluding hydrogens is 392 g/mol. The number of nitrogens with one attached hydrogen (secondary N) is 1.